The minimum Gasteiger partial charge on any atom is -0.369 e. The molecule has 0 bridgehead atoms. The molecule has 0 aromatic heterocycles. The van der Waals surface area contributed by atoms with Crippen LogP contribution in [0.15, 0.2) is 30.3 Å². The summed E-state index contributed by atoms with van der Waals surface area (Å²) in [7, 11) is 0. The van der Waals surface area contributed by atoms with E-state index < -0.39 is 0 Å². The van der Waals surface area contributed by atoms with Gasteiger partial charge in [0.2, 0.25) is 5.96 Å². The number of para-hydroxylation sites is 1. The van der Waals surface area contributed by atoms with E-state index in [4.69, 9.17) is 11.1 Å². The molecule has 0 amide bonds. The fourth-order valence-electron chi connectivity index (χ4n) is 0.627. The van der Waals surface area contributed by atoms with Crippen LogP contribution < -0.4 is 16.6 Å². The Kier molecular flexibility index (Phi) is 2.32. The summed E-state index contributed by atoms with van der Waals surface area (Å²) >= 11 is 0. The van der Waals surface area contributed by atoms with Crippen molar-refractivity contribution in [2.24, 2.45) is 5.73 Å². The second-order valence-corrected chi connectivity index (χ2v) is 1.97. The molecule has 1 aromatic rings. The second-order valence-electron chi connectivity index (χ2n) is 1.97. The van der Waals surface area contributed by atoms with Crippen LogP contribution in [0.3, 0.4) is 0 Å². The minimum atomic E-state index is -0.158. The number of hydrogen-bond acceptors (Lipinski definition) is 1. The lowest BCUT2D eigenvalue weighted by molar-refractivity contribution is 0.799. The molecule has 1 radical (unpaired) electrons. The first-order valence-corrected chi connectivity index (χ1v) is 3.15. The summed E-state index contributed by atoms with van der Waals surface area (Å²) in [5, 5.41) is 6.82. The van der Waals surface area contributed by atoms with E-state index in [1.54, 1.807) is 0 Å². The third-order valence-electron chi connectivity index (χ3n) is 1.06. The average molecular weight is 149 g/mol. The van der Waals surface area contributed by atoms with Crippen LogP contribution in [0.25, 0.3) is 0 Å². The summed E-state index contributed by atoms with van der Waals surface area (Å²) in [4.78, 5) is 0. The third-order valence-corrected chi connectivity index (χ3v) is 1.06. The van der Waals surface area contributed by atoms with Gasteiger partial charge in [0.15, 0.2) is 0 Å². The van der Waals surface area contributed by atoms with Crippen LogP contribution in [-0.2, 0) is 0 Å². The summed E-state index contributed by atoms with van der Waals surface area (Å²) in [5.41, 5.74) is 11.9. The van der Waals surface area contributed by atoms with Crippen molar-refractivity contribution in [2.45, 2.75) is 0 Å². The lowest BCUT2D eigenvalue weighted by Gasteiger charge is -2.01. The van der Waals surface area contributed by atoms with Crippen LogP contribution in [0.5, 0.6) is 0 Å². The van der Waals surface area contributed by atoms with E-state index in [9.17, 15) is 0 Å². The number of hydrogen-bond donors (Lipinski definition) is 3. The van der Waals surface area contributed by atoms with Crippen molar-refractivity contribution in [2.75, 3.05) is 0 Å². The molecule has 11 heavy (non-hydrogen) atoms. The smallest absolute Gasteiger partial charge is 0.206 e. The van der Waals surface area contributed by atoms with E-state index in [1.807, 2.05) is 30.3 Å². The molecule has 0 saturated carbocycles. The Morgan fingerprint density at radius 2 is 2.00 bits per heavy atom. The van der Waals surface area contributed by atoms with Gasteiger partial charge in [-0.15, -0.1) is 0 Å². The number of nitrogens with zero attached hydrogens (tertiary/aromatic N) is 1. The SMILES string of the molecule is N=C(N)N[N]c1ccccc1. The minimum absolute atomic E-state index is 0.158. The van der Waals surface area contributed by atoms with E-state index in [0.717, 1.165) is 5.69 Å². The molecule has 0 aliphatic carbocycles. The zero-order valence-corrected chi connectivity index (χ0v) is 5.91. The van der Waals surface area contributed by atoms with Gasteiger partial charge < -0.3 is 5.73 Å². The highest BCUT2D eigenvalue weighted by molar-refractivity contribution is 5.74. The molecule has 57 valence electrons. The average Bonchev–Trinajstić information content (AvgIpc) is 2.03. The number of guanidine groups is 1. The zero-order valence-electron chi connectivity index (χ0n) is 5.91. The molecule has 4 N–H and O–H groups in total. The highest BCUT2D eigenvalue weighted by atomic mass is 15.4. The molecular formula is C7H9N4. The van der Waals surface area contributed by atoms with Crippen LogP contribution in [0.2, 0.25) is 0 Å². The molecule has 0 unspecified atom stereocenters. The number of rotatable bonds is 2. The lowest BCUT2D eigenvalue weighted by atomic mass is 10.3. The van der Waals surface area contributed by atoms with Crippen LogP contribution in [-0.4, -0.2) is 5.96 Å². The topological polar surface area (TPSA) is 76.0 Å². The summed E-state index contributed by atoms with van der Waals surface area (Å²) in [5.74, 6) is -0.158. The van der Waals surface area contributed by atoms with E-state index >= 15 is 0 Å². The van der Waals surface area contributed by atoms with E-state index in [1.165, 1.54) is 0 Å². The van der Waals surface area contributed by atoms with Crippen molar-refractivity contribution in [1.29, 1.82) is 5.41 Å². The predicted octanol–water partition coefficient (Wildman–Crippen LogP) is 0.321. The molecule has 4 heteroatoms. The number of nitrogens with two attached hydrogens (primary N) is 1. The zero-order chi connectivity index (χ0) is 8.10. The van der Waals surface area contributed by atoms with Crippen LogP contribution in [0.1, 0.15) is 0 Å². The van der Waals surface area contributed by atoms with E-state index in [-0.39, 0.29) is 5.96 Å². The van der Waals surface area contributed by atoms with Crippen molar-refractivity contribution in [3.8, 4) is 0 Å². The summed E-state index contributed by atoms with van der Waals surface area (Å²) in [6.45, 7) is 0. The van der Waals surface area contributed by atoms with Crippen molar-refractivity contribution < 1.29 is 0 Å². The van der Waals surface area contributed by atoms with Gasteiger partial charge in [-0.3, -0.25) is 5.41 Å². The maximum absolute atomic E-state index is 6.82. The maximum Gasteiger partial charge on any atom is 0.206 e. The van der Waals surface area contributed by atoms with Crippen LogP contribution in [0.4, 0.5) is 5.69 Å². The second kappa shape index (κ2) is 3.46. The molecule has 0 heterocycles. The standard InChI is InChI=1S/C7H9N4/c8-7(9)11-10-6-4-2-1-3-5-6/h1-5H,(H4,8,9,11). The maximum atomic E-state index is 6.82. The van der Waals surface area contributed by atoms with Gasteiger partial charge in [0.1, 0.15) is 0 Å². The summed E-state index contributed by atoms with van der Waals surface area (Å²) < 4.78 is 0. The first-order valence-electron chi connectivity index (χ1n) is 3.15. The fourth-order valence-corrected chi connectivity index (χ4v) is 0.627. The van der Waals surface area contributed by atoms with Crippen molar-refractivity contribution in [3.63, 3.8) is 0 Å². The largest absolute Gasteiger partial charge is 0.369 e. The molecule has 0 aliphatic heterocycles. The summed E-state index contributed by atoms with van der Waals surface area (Å²) in [6, 6.07) is 9.25. The normalized spacial score (nSPS) is 8.73. The first-order chi connectivity index (χ1) is 5.29. The number of benzene rings is 1. The molecule has 0 atom stereocenters. The van der Waals surface area contributed by atoms with Crippen LogP contribution >= 0.6 is 0 Å². The Morgan fingerprint density at radius 3 is 2.55 bits per heavy atom. The quantitative estimate of drug-likeness (QED) is 0.322. The van der Waals surface area contributed by atoms with E-state index in [2.05, 4.69) is 10.9 Å². The molecular weight excluding hydrogens is 140 g/mol. The van der Waals surface area contributed by atoms with Gasteiger partial charge in [-0.25, -0.2) is 5.43 Å². The Labute approximate surface area is 64.9 Å². The Morgan fingerprint density at radius 1 is 1.36 bits per heavy atom. The lowest BCUT2D eigenvalue weighted by Crippen LogP contribution is -2.34. The number of nitrogens with one attached hydrogen (secondary N) is 2. The van der Waals surface area contributed by atoms with Crippen molar-refractivity contribution in [3.05, 3.63) is 30.3 Å². The summed E-state index contributed by atoms with van der Waals surface area (Å²) in [6.07, 6.45) is 0. The van der Waals surface area contributed by atoms with Gasteiger partial charge in [0.25, 0.3) is 0 Å². The molecule has 1 rings (SSSR count). The molecule has 0 spiro atoms. The Hall–Kier alpha value is -1.71. The molecule has 0 aliphatic rings. The van der Waals surface area contributed by atoms with Gasteiger partial charge in [0, 0.05) is 0 Å². The Bertz CT molecular complexity index is 231. The fraction of sp³-hybridized carbons (Fsp3) is 0. The molecule has 4 nitrogen and oxygen atoms in total. The monoisotopic (exact) mass is 149 g/mol. The first kappa shape index (κ1) is 7.40. The third kappa shape index (κ3) is 2.57. The molecule has 0 fully saturated rings. The van der Waals surface area contributed by atoms with Gasteiger partial charge in [-0.1, -0.05) is 18.2 Å². The molecule has 0 saturated heterocycles. The Balaban J connectivity index is 2.45. The van der Waals surface area contributed by atoms with Crippen LogP contribution in [0, 0.1) is 5.41 Å². The van der Waals surface area contributed by atoms with Crippen molar-refractivity contribution in [1.82, 2.24) is 10.9 Å². The van der Waals surface area contributed by atoms with Gasteiger partial charge in [-0.05, 0) is 12.1 Å². The highest BCUT2D eigenvalue weighted by Crippen LogP contribution is 2.02. The van der Waals surface area contributed by atoms with Crippen molar-refractivity contribution >= 4 is 11.6 Å². The molecule has 1 aromatic carbocycles. The highest BCUT2D eigenvalue weighted by Gasteiger charge is 1.89. The van der Waals surface area contributed by atoms with Gasteiger partial charge >= 0.3 is 0 Å². The van der Waals surface area contributed by atoms with E-state index in [0.29, 0.717) is 0 Å². The predicted molar refractivity (Wildman–Crippen MR) is 43.3 cm³/mol. The van der Waals surface area contributed by atoms with Gasteiger partial charge in [0.05, 0.1) is 5.69 Å². The van der Waals surface area contributed by atoms with Gasteiger partial charge in [-0.2, -0.15) is 5.43 Å².